The average Bonchev–Trinajstić information content (AvgIpc) is 3.13. The van der Waals surface area contributed by atoms with Crippen molar-refractivity contribution in [2.75, 3.05) is 7.11 Å². The zero-order valence-corrected chi connectivity index (χ0v) is 12.0. The molecule has 0 saturated carbocycles. The second-order valence-corrected chi connectivity index (χ2v) is 5.69. The quantitative estimate of drug-likeness (QED) is 0.619. The monoisotopic (exact) mass is 297 g/mol. The van der Waals surface area contributed by atoms with Gasteiger partial charge < -0.3 is 9.72 Å². The molecule has 0 aliphatic rings. The number of ether oxygens (including phenoxy) is 1. The fourth-order valence-corrected chi connectivity index (χ4v) is 3.47. The first-order valence-electron chi connectivity index (χ1n) is 6.39. The van der Waals surface area contributed by atoms with Crippen LogP contribution in [0.5, 0.6) is 5.75 Å². The molecule has 1 aromatic carbocycles. The molecule has 104 valence electrons. The lowest BCUT2D eigenvalue weighted by atomic mass is 10.2. The van der Waals surface area contributed by atoms with Crippen LogP contribution in [0.4, 0.5) is 0 Å². The number of hydrogen-bond donors (Lipinski definition) is 1. The van der Waals surface area contributed by atoms with E-state index in [1.54, 1.807) is 30.8 Å². The number of hydrogen-bond acceptors (Lipinski definition) is 4. The molecule has 0 bridgehead atoms. The van der Waals surface area contributed by atoms with E-state index in [1.807, 2.05) is 30.3 Å². The molecule has 21 heavy (non-hydrogen) atoms. The van der Waals surface area contributed by atoms with Gasteiger partial charge in [-0.1, -0.05) is 0 Å². The van der Waals surface area contributed by atoms with E-state index in [-0.39, 0.29) is 5.69 Å². The highest BCUT2D eigenvalue weighted by molar-refractivity contribution is 7.22. The van der Waals surface area contributed by atoms with Crippen LogP contribution in [0.15, 0.2) is 47.5 Å². The fraction of sp³-hybridized carbons (Fsp3) is 0.0667. The number of methoxy groups -OCH3 is 1. The van der Waals surface area contributed by atoms with Crippen molar-refractivity contribution in [2.24, 2.45) is 0 Å². The number of fused-ring (bicyclic) bond motifs is 3. The highest BCUT2D eigenvalue weighted by Crippen LogP contribution is 2.34. The molecular weight excluding hydrogens is 286 g/mol. The first kappa shape index (κ1) is 12.2. The van der Waals surface area contributed by atoms with E-state index >= 15 is 0 Å². The summed E-state index contributed by atoms with van der Waals surface area (Å²) >= 11 is 1.61. The largest absolute Gasteiger partial charge is 0.497 e. The molecule has 3 heterocycles. The minimum absolute atomic E-state index is 0.172. The van der Waals surface area contributed by atoms with E-state index in [4.69, 9.17) is 4.74 Å². The number of benzene rings is 1. The molecule has 0 fully saturated rings. The van der Waals surface area contributed by atoms with Crippen molar-refractivity contribution in [1.29, 1.82) is 0 Å². The highest BCUT2D eigenvalue weighted by Gasteiger charge is 2.11. The number of thiophene rings is 1. The SMILES string of the molecule is COc1ccc(-c2cc3[nH]c(=O)n4ccnc4c3s2)cc1. The summed E-state index contributed by atoms with van der Waals surface area (Å²) in [5.74, 6) is 0.823. The summed E-state index contributed by atoms with van der Waals surface area (Å²) in [5, 5.41) is 0. The van der Waals surface area contributed by atoms with Gasteiger partial charge >= 0.3 is 5.69 Å². The maximum atomic E-state index is 11.9. The number of H-pyrrole nitrogens is 1. The van der Waals surface area contributed by atoms with Gasteiger partial charge in [-0.2, -0.15) is 0 Å². The molecule has 0 aliphatic carbocycles. The average molecular weight is 297 g/mol. The van der Waals surface area contributed by atoms with E-state index in [2.05, 4.69) is 9.97 Å². The van der Waals surface area contributed by atoms with Gasteiger partial charge in [0.25, 0.3) is 0 Å². The van der Waals surface area contributed by atoms with Crippen molar-refractivity contribution in [3.63, 3.8) is 0 Å². The Hall–Kier alpha value is -2.60. The Morgan fingerprint density at radius 2 is 2.10 bits per heavy atom. The zero-order valence-electron chi connectivity index (χ0n) is 11.2. The lowest BCUT2D eigenvalue weighted by Gasteiger charge is -2.00. The summed E-state index contributed by atoms with van der Waals surface area (Å²) < 4.78 is 7.67. The number of nitrogens with one attached hydrogen (secondary N) is 1. The van der Waals surface area contributed by atoms with E-state index in [1.165, 1.54) is 4.40 Å². The lowest BCUT2D eigenvalue weighted by Crippen LogP contribution is -2.14. The predicted octanol–water partition coefficient (Wildman–Crippen LogP) is 2.91. The van der Waals surface area contributed by atoms with Gasteiger partial charge in [0.1, 0.15) is 5.75 Å². The first-order chi connectivity index (χ1) is 10.3. The van der Waals surface area contributed by atoms with Crippen molar-refractivity contribution in [3.05, 3.63) is 53.2 Å². The Kier molecular flexibility index (Phi) is 2.58. The summed E-state index contributed by atoms with van der Waals surface area (Å²) in [6, 6.07) is 9.84. The molecule has 0 atom stereocenters. The van der Waals surface area contributed by atoms with Crippen molar-refractivity contribution in [1.82, 2.24) is 14.4 Å². The standard InChI is InChI=1S/C15H11N3O2S/c1-20-10-4-2-9(3-5-10)12-8-11-13(21-12)14-16-6-7-18(14)15(19)17-11/h2-8H,1H3,(H,17,19). The Labute approximate surface area is 123 Å². The van der Waals surface area contributed by atoms with Gasteiger partial charge in [-0.15, -0.1) is 11.3 Å². The third-order valence-electron chi connectivity index (χ3n) is 3.41. The number of aromatic nitrogens is 3. The van der Waals surface area contributed by atoms with Gasteiger partial charge in [0, 0.05) is 17.3 Å². The molecule has 3 aromatic heterocycles. The van der Waals surface area contributed by atoms with Crippen LogP contribution in [0.3, 0.4) is 0 Å². The number of rotatable bonds is 2. The van der Waals surface area contributed by atoms with Crippen molar-refractivity contribution in [2.45, 2.75) is 0 Å². The molecule has 0 aliphatic heterocycles. The summed E-state index contributed by atoms with van der Waals surface area (Å²) in [4.78, 5) is 20.2. The van der Waals surface area contributed by atoms with E-state index in [0.717, 1.165) is 26.4 Å². The molecule has 6 heteroatoms. The second kappa shape index (κ2) is 4.46. The molecule has 0 saturated heterocycles. The summed E-state index contributed by atoms with van der Waals surface area (Å²) in [7, 11) is 1.65. The van der Waals surface area contributed by atoms with Gasteiger partial charge in [-0.3, -0.25) is 4.40 Å². The third-order valence-corrected chi connectivity index (χ3v) is 4.59. The molecule has 0 radical (unpaired) electrons. The fourth-order valence-electron chi connectivity index (χ4n) is 2.36. The van der Waals surface area contributed by atoms with Crippen LogP contribution in [-0.2, 0) is 0 Å². The summed E-state index contributed by atoms with van der Waals surface area (Å²) in [6.07, 6.45) is 3.30. The van der Waals surface area contributed by atoms with Gasteiger partial charge in [0.15, 0.2) is 5.65 Å². The molecule has 0 amide bonds. The van der Waals surface area contributed by atoms with Crippen molar-refractivity contribution >= 4 is 27.2 Å². The van der Waals surface area contributed by atoms with Gasteiger partial charge in [0.2, 0.25) is 0 Å². The van der Waals surface area contributed by atoms with Gasteiger partial charge in [0.05, 0.1) is 17.3 Å². The Morgan fingerprint density at radius 3 is 2.86 bits per heavy atom. The normalized spacial score (nSPS) is 11.3. The molecule has 4 rings (SSSR count). The minimum Gasteiger partial charge on any atom is -0.497 e. The van der Waals surface area contributed by atoms with Crippen LogP contribution in [-0.4, -0.2) is 21.5 Å². The molecule has 5 nitrogen and oxygen atoms in total. The summed E-state index contributed by atoms with van der Waals surface area (Å²) in [5.41, 5.74) is 2.42. The number of aromatic amines is 1. The number of nitrogens with zero attached hydrogens (tertiary/aromatic N) is 2. The van der Waals surface area contributed by atoms with Crippen LogP contribution in [0.2, 0.25) is 0 Å². The van der Waals surface area contributed by atoms with Crippen molar-refractivity contribution < 1.29 is 4.74 Å². The number of imidazole rings is 1. The van der Waals surface area contributed by atoms with Crippen LogP contribution in [0, 0.1) is 0 Å². The molecule has 4 aromatic rings. The van der Waals surface area contributed by atoms with Crippen LogP contribution < -0.4 is 10.4 Å². The third kappa shape index (κ3) is 1.84. The van der Waals surface area contributed by atoms with Crippen LogP contribution in [0.25, 0.3) is 26.3 Å². The Bertz CT molecular complexity index is 995. The van der Waals surface area contributed by atoms with Crippen molar-refractivity contribution in [3.8, 4) is 16.2 Å². The Balaban J connectivity index is 1.95. The molecule has 0 spiro atoms. The van der Waals surface area contributed by atoms with E-state index < -0.39 is 0 Å². The topological polar surface area (TPSA) is 59.4 Å². The van der Waals surface area contributed by atoms with Crippen LogP contribution >= 0.6 is 11.3 Å². The lowest BCUT2D eigenvalue weighted by molar-refractivity contribution is 0.415. The highest BCUT2D eigenvalue weighted by atomic mass is 32.1. The van der Waals surface area contributed by atoms with E-state index in [0.29, 0.717) is 5.65 Å². The smallest absolute Gasteiger partial charge is 0.331 e. The van der Waals surface area contributed by atoms with E-state index in [9.17, 15) is 4.79 Å². The molecule has 0 unspecified atom stereocenters. The second-order valence-electron chi connectivity index (χ2n) is 4.63. The maximum Gasteiger partial charge on any atom is 0.331 e. The zero-order chi connectivity index (χ0) is 14.4. The molecular formula is C15H11N3O2S. The first-order valence-corrected chi connectivity index (χ1v) is 7.21. The van der Waals surface area contributed by atoms with Gasteiger partial charge in [-0.25, -0.2) is 9.78 Å². The Morgan fingerprint density at radius 1 is 1.29 bits per heavy atom. The predicted molar refractivity (Wildman–Crippen MR) is 83.2 cm³/mol. The van der Waals surface area contributed by atoms with Crippen LogP contribution in [0.1, 0.15) is 0 Å². The van der Waals surface area contributed by atoms with Gasteiger partial charge in [-0.05, 0) is 35.9 Å². The summed E-state index contributed by atoms with van der Waals surface area (Å²) in [6.45, 7) is 0. The maximum absolute atomic E-state index is 11.9. The minimum atomic E-state index is -0.172. The molecule has 1 N–H and O–H groups in total.